The van der Waals surface area contributed by atoms with E-state index in [-0.39, 0.29) is 11.1 Å². The van der Waals surface area contributed by atoms with Gasteiger partial charge in [0, 0.05) is 72.8 Å². The van der Waals surface area contributed by atoms with E-state index in [1.165, 1.54) is 12.4 Å². The van der Waals surface area contributed by atoms with E-state index in [1.54, 1.807) is 31.5 Å². The van der Waals surface area contributed by atoms with Crippen LogP contribution in [0.4, 0.5) is 11.5 Å². The summed E-state index contributed by atoms with van der Waals surface area (Å²) in [5.74, 6) is 1.48. The summed E-state index contributed by atoms with van der Waals surface area (Å²) >= 11 is 14.9. The first-order valence-electron chi connectivity index (χ1n) is 11.9. The van der Waals surface area contributed by atoms with E-state index in [4.69, 9.17) is 43.8 Å². The molecule has 0 amide bonds. The van der Waals surface area contributed by atoms with Crippen molar-refractivity contribution in [1.82, 2.24) is 9.97 Å². The lowest BCUT2D eigenvalue weighted by Gasteiger charge is -2.48. The van der Waals surface area contributed by atoms with Crippen LogP contribution in [0.5, 0.6) is 11.5 Å². The summed E-state index contributed by atoms with van der Waals surface area (Å²) < 4.78 is 11.9. The molecule has 0 radical (unpaired) electrons. The van der Waals surface area contributed by atoms with Gasteiger partial charge in [-0.15, -0.1) is 0 Å². The Hall–Kier alpha value is -2.42. The van der Waals surface area contributed by atoms with Crippen LogP contribution in [0, 0.1) is 22.2 Å². The van der Waals surface area contributed by atoms with Crippen LogP contribution in [0.2, 0.25) is 10.0 Å². The molecule has 3 aromatic rings. The summed E-state index contributed by atoms with van der Waals surface area (Å²) in [6.45, 7) is 5.97. The highest BCUT2D eigenvalue weighted by molar-refractivity contribution is 14.2. The molecule has 39 heavy (non-hydrogen) atoms. The standard InChI is InChI=1S/C26H27Cl2IN7O2P/c1-14(23-18(27)9-33-10-19(23)28)38-22-5-17(20(35-39-29)6-21(22)37-3)24(32)16-4-15(7-30)25(34-8-16)36-12-26(2,11-31)13-36/h4-6,8-10,14,32,35,39H,11-13,31H2,1-3H3/t14-/m1/s1. The number of anilines is 2. The summed E-state index contributed by atoms with van der Waals surface area (Å²) in [4.78, 5) is 10.6. The van der Waals surface area contributed by atoms with Crippen molar-refractivity contribution in [1.29, 1.82) is 10.7 Å². The number of nitrogens with two attached hydrogens (primary N) is 1. The molecule has 4 rings (SSSR count). The highest BCUT2D eigenvalue weighted by atomic mass is 127. The molecular weight excluding hydrogens is 671 g/mol. The quantitative estimate of drug-likeness (QED) is 0.127. The normalized spacial score (nSPS) is 15.0. The number of ether oxygens (including phenoxy) is 2. The summed E-state index contributed by atoms with van der Waals surface area (Å²) in [7, 11) is 1.55. The van der Waals surface area contributed by atoms with E-state index in [9.17, 15) is 5.26 Å². The zero-order valence-electron chi connectivity index (χ0n) is 21.5. The Balaban J connectivity index is 1.70. The third-order valence-corrected chi connectivity index (χ3v) is 8.34. The lowest BCUT2D eigenvalue weighted by atomic mass is 9.82. The van der Waals surface area contributed by atoms with Gasteiger partial charge < -0.3 is 25.2 Å². The zero-order valence-corrected chi connectivity index (χ0v) is 26.1. The number of hydrogen-bond donors (Lipinski definition) is 3. The molecule has 2 atom stereocenters. The van der Waals surface area contributed by atoms with E-state index in [0.29, 0.717) is 68.2 Å². The van der Waals surface area contributed by atoms with E-state index in [1.807, 2.05) is 11.8 Å². The molecular formula is C26H27Cl2IN7O2P. The molecule has 3 heterocycles. The Kier molecular flexibility index (Phi) is 9.40. The molecule has 2 aromatic heterocycles. The largest absolute Gasteiger partial charge is 0.493 e. The molecule has 1 unspecified atom stereocenters. The monoisotopic (exact) mass is 697 g/mol. The van der Waals surface area contributed by atoms with Crippen LogP contribution < -0.4 is 25.2 Å². The van der Waals surface area contributed by atoms with Crippen LogP contribution in [-0.4, -0.2) is 42.4 Å². The molecule has 1 aromatic carbocycles. The molecule has 1 aliphatic rings. The first-order valence-corrected chi connectivity index (χ1v) is 16.8. The van der Waals surface area contributed by atoms with Crippen LogP contribution in [0.15, 0.2) is 36.8 Å². The minimum Gasteiger partial charge on any atom is -0.493 e. The number of rotatable bonds is 10. The number of benzene rings is 1. The second kappa shape index (κ2) is 12.4. The van der Waals surface area contributed by atoms with Gasteiger partial charge in [-0.25, -0.2) is 4.98 Å². The predicted molar refractivity (Wildman–Crippen MR) is 167 cm³/mol. The zero-order chi connectivity index (χ0) is 28.3. The van der Waals surface area contributed by atoms with E-state index >= 15 is 0 Å². The van der Waals surface area contributed by atoms with Gasteiger partial charge in [0.15, 0.2) is 11.5 Å². The van der Waals surface area contributed by atoms with Gasteiger partial charge in [0.1, 0.15) is 18.0 Å². The second-order valence-electron chi connectivity index (χ2n) is 9.50. The summed E-state index contributed by atoms with van der Waals surface area (Å²) in [6.07, 6.45) is 4.45. The summed E-state index contributed by atoms with van der Waals surface area (Å²) in [6, 6.07) is 7.46. The molecule has 0 aliphatic carbocycles. The topological polar surface area (TPSA) is 133 Å². The fourth-order valence-electron chi connectivity index (χ4n) is 4.47. The minimum atomic E-state index is -0.531. The highest BCUT2D eigenvalue weighted by Crippen LogP contribution is 2.41. The number of halogens is 3. The number of methoxy groups -OCH3 is 1. The maximum atomic E-state index is 9.87. The maximum Gasteiger partial charge on any atom is 0.162 e. The molecule has 0 spiro atoms. The van der Waals surface area contributed by atoms with Gasteiger partial charge >= 0.3 is 0 Å². The average Bonchev–Trinajstić information content (AvgIpc) is 2.91. The van der Waals surface area contributed by atoms with Gasteiger partial charge in [-0.05, 0) is 41.1 Å². The first kappa shape index (κ1) is 29.6. The average molecular weight is 698 g/mol. The predicted octanol–water partition coefficient (Wildman–Crippen LogP) is 6.36. The number of nitriles is 1. The van der Waals surface area contributed by atoms with Crippen LogP contribution in [-0.2, 0) is 0 Å². The molecule has 4 N–H and O–H groups in total. The second-order valence-corrected chi connectivity index (χ2v) is 12.4. The van der Waals surface area contributed by atoms with Crippen molar-refractivity contribution >= 4 is 68.8 Å². The van der Waals surface area contributed by atoms with E-state index in [0.717, 1.165) is 13.1 Å². The summed E-state index contributed by atoms with van der Waals surface area (Å²) in [5.41, 5.74) is 8.82. The molecule has 1 aliphatic heterocycles. The molecule has 0 bridgehead atoms. The smallest absolute Gasteiger partial charge is 0.162 e. The van der Waals surface area contributed by atoms with Crippen LogP contribution in [0.1, 0.15) is 42.2 Å². The number of hydrogen-bond acceptors (Lipinski definition) is 9. The SMILES string of the molecule is COc1cc(NPI)c(C(=N)c2cnc(N3CC(C)(CN)C3)c(C#N)c2)cc1O[C@H](C)c1c(Cl)cncc1Cl. The molecule has 9 nitrogen and oxygen atoms in total. The fourth-order valence-corrected chi connectivity index (χ4v) is 6.32. The van der Waals surface area contributed by atoms with Crippen molar-refractivity contribution in [3.05, 3.63) is 69.1 Å². The van der Waals surface area contributed by atoms with Gasteiger partial charge in [-0.2, -0.15) is 5.26 Å². The van der Waals surface area contributed by atoms with E-state index in [2.05, 4.69) is 50.1 Å². The Morgan fingerprint density at radius 2 is 1.97 bits per heavy atom. The lowest BCUT2D eigenvalue weighted by molar-refractivity contribution is 0.216. The Morgan fingerprint density at radius 3 is 2.56 bits per heavy atom. The van der Waals surface area contributed by atoms with Crippen molar-refractivity contribution in [2.75, 3.05) is 36.7 Å². The molecule has 13 heteroatoms. The van der Waals surface area contributed by atoms with Crippen LogP contribution >= 0.6 is 51.6 Å². The Labute approximate surface area is 252 Å². The fraction of sp³-hybridized carbons (Fsp3) is 0.308. The van der Waals surface area contributed by atoms with Gasteiger partial charge in [-0.3, -0.25) is 10.4 Å². The molecule has 0 saturated carbocycles. The number of nitrogens with zero attached hydrogens (tertiary/aromatic N) is 4. The van der Waals surface area contributed by atoms with Crippen molar-refractivity contribution in [3.63, 3.8) is 0 Å². The number of aromatic nitrogens is 2. The first-order chi connectivity index (χ1) is 18.6. The minimum absolute atomic E-state index is 0.0158. The van der Waals surface area contributed by atoms with Gasteiger partial charge in [0.05, 0.1) is 34.1 Å². The highest BCUT2D eigenvalue weighted by Gasteiger charge is 2.39. The van der Waals surface area contributed by atoms with Gasteiger partial charge in [0.25, 0.3) is 0 Å². The van der Waals surface area contributed by atoms with Crippen molar-refractivity contribution in [2.45, 2.75) is 20.0 Å². The Bertz CT molecular complexity index is 1430. The maximum absolute atomic E-state index is 9.87. The van der Waals surface area contributed by atoms with Gasteiger partial charge in [0.2, 0.25) is 0 Å². The van der Waals surface area contributed by atoms with Gasteiger partial charge in [-0.1, -0.05) is 30.1 Å². The molecule has 1 saturated heterocycles. The Morgan fingerprint density at radius 1 is 1.28 bits per heavy atom. The van der Waals surface area contributed by atoms with Crippen molar-refractivity contribution in [3.8, 4) is 17.6 Å². The van der Waals surface area contributed by atoms with Crippen LogP contribution in [0.25, 0.3) is 0 Å². The lowest BCUT2D eigenvalue weighted by Crippen LogP contribution is -2.58. The van der Waals surface area contributed by atoms with Crippen LogP contribution in [0.3, 0.4) is 0 Å². The van der Waals surface area contributed by atoms with Crippen molar-refractivity contribution < 1.29 is 9.47 Å². The number of pyridine rings is 2. The third kappa shape index (κ3) is 6.18. The number of nitrogens with one attached hydrogen (secondary N) is 2. The third-order valence-electron chi connectivity index (χ3n) is 6.57. The van der Waals surface area contributed by atoms with E-state index < -0.39 is 6.10 Å². The van der Waals surface area contributed by atoms with Crippen molar-refractivity contribution in [2.24, 2.45) is 11.1 Å². The molecule has 204 valence electrons. The molecule has 1 fully saturated rings. The summed E-state index contributed by atoms with van der Waals surface area (Å²) in [5, 5.41) is 23.0.